The molecule has 1 N–H and O–H groups in total. The van der Waals surface area contributed by atoms with Gasteiger partial charge in [0.05, 0.1) is 0 Å². The molecule has 2 aliphatic rings. The zero-order chi connectivity index (χ0) is 20.1. The Bertz CT molecular complexity index is 809. The fraction of sp³-hybridized carbons (Fsp3) is 0.480. The van der Waals surface area contributed by atoms with Crippen LogP contribution in [-0.4, -0.2) is 43.0 Å². The number of benzene rings is 2. The maximum absolute atomic E-state index is 11.4. The number of anilines is 1. The van der Waals surface area contributed by atoms with Crippen molar-refractivity contribution in [2.45, 2.75) is 51.6 Å². The molecule has 1 fully saturated rings. The van der Waals surface area contributed by atoms with Gasteiger partial charge < -0.3 is 15.1 Å². The molecule has 0 aliphatic carbocycles. The summed E-state index contributed by atoms with van der Waals surface area (Å²) in [5, 5.41) is 2.93. The average molecular weight is 392 g/mol. The minimum atomic E-state index is 0.106. The fourth-order valence-corrected chi connectivity index (χ4v) is 4.63. The van der Waals surface area contributed by atoms with Crippen LogP contribution in [-0.2, 0) is 24.2 Å². The minimum Gasteiger partial charge on any atom is -0.368 e. The second kappa shape index (κ2) is 9.45. The molecule has 1 saturated heterocycles. The lowest BCUT2D eigenvalue weighted by atomic mass is 10.0. The molecule has 1 amide bonds. The third kappa shape index (κ3) is 4.99. The van der Waals surface area contributed by atoms with Crippen molar-refractivity contribution in [2.75, 3.05) is 31.1 Å². The van der Waals surface area contributed by atoms with E-state index in [0.717, 1.165) is 13.0 Å². The molecule has 2 heterocycles. The van der Waals surface area contributed by atoms with Gasteiger partial charge in [0.1, 0.15) is 0 Å². The first-order valence-electron chi connectivity index (χ1n) is 11.1. The van der Waals surface area contributed by atoms with E-state index < -0.39 is 0 Å². The zero-order valence-corrected chi connectivity index (χ0v) is 17.6. The molecule has 0 atom stereocenters. The Kier molecular flexibility index (Phi) is 6.50. The van der Waals surface area contributed by atoms with E-state index in [9.17, 15) is 4.79 Å². The molecule has 2 aromatic carbocycles. The van der Waals surface area contributed by atoms with Gasteiger partial charge in [0.25, 0.3) is 0 Å². The first kappa shape index (κ1) is 20.0. The van der Waals surface area contributed by atoms with Gasteiger partial charge in [-0.05, 0) is 48.4 Å². The largest absolute Gasteiger partial charge is 0.368 e. The van der Waals surface area contributed by atoms with Crippen molar-refractivity contribution in [1.82, 2.24) is 10.2 Å². The Morgan fingerprint density at radius 3 is 2.48 bits per heavy atom. The standard InChI is InChI=1S/C25H33N3O/c1-2-25(29)26-19-21-9-7-20(8-10-21)11-15-27-16-13-23(14-17-27)28-18-12-22-5-3-4-6-24(22)28/h3-10,23H,2,11-19H2,1H3,(H,26,29). The van der Waals surface area contributed by atoms with Crippen molar-refractivity contribution in [2.24, 2.45) is 0 Å². The molecule has 0 saturated carbocycles. The van der Waals surface area contributed by atoms with E-state index in [4.69, 9.17) is 0 Å². The van der Waals surface area contributed by atoms with Gasteiger partial charge in [0, 0.05) is 50.9 Å². The molecule has 0 radical (unpaired) electrons. The van der Waals surface area contributed by atoms with Gasteiger partial charge in [-0.25, -0.2) is 0 Å². The number of nitrogens with one attached hydrogen (secondary N) is 1. The third-order valence-electron chi connectivity index (χ3n) is 6.47. The quantitative estimate of drug-likeness (QED) is 0.780. The van der Waals surface area contributed by atoms with Gasteiger partial charge in [-0.3, -0.25) is 4.79 Å². The number of carbonyl (C=O) groups is 1. The van der Waals surface area contributed by atoms with Gasteiger partial charge in [-0.2, -0.15) is 0 Å². The Morgan fingerprint density at radius 2 is 1.72 bits per heavy atom. The summed E-state index contributed by atoms with van der Waals surface area (Å²) >= 11 is 0. The summed E-state index contributed by atoms with van der Waals surface area (Å²) in [7, 11) is 0. The topological polar surface area (TPSA) is 35.6 Å². The van der Waals surface area contributed by atoms with Gasteiger partial charge in [0.2, 0.25) is 5.91 Å². The number of piperidine rings is 1. The third-order valence-corrected chi connectivity index (χ3v) is 6.47. The average Bonchev–Trinajstić information content (AvgIpc) is 3.21. The highest BCUT2D eigenvalue weighted by molar-refractivity contribution is 5.75. The van der Waals surface area contributed by atoms with Crippen LogP contribution in [0.1, 0.15) is 42.9 Å². The number of hydrogen-bond acceptors (Lipinski definition) is 3. The van der Waals surface area contributed by atoms with Crippen molar-refractivity contribution >= 4 is 11.6 Å². The monoisotopic (exact) mass is 391 g/mol. The molecule has 2 aliphatic heterocycles. The molecule has 29 heavy (non-hydrogen) atoms. The van der Waals surface area contributed by atoms with E-state index in [1.165, 1.54) is 61.3 Å². The molecular weight excluding hydrogens is 358 g/mol. The molecule has 2 aromatic rings. The molecule has 154 valence electrons. The van der Waals surface area contributed by atoms with Crippen LogP contribution >= 0.6 is 0 Å². The van der Waals surface area contributed by atoms with E-state index >= 15 is 0 Å². The lowest BCUT2D eigenvalue weighted by molar-refractivity contribution is -0.120. The number of hydrogen-bond donors (Lipinski definition) is 1. The van der Waals surface area contributed by atoms with Crippen molar-refractivity contribution < 1.29 is 4.79 Å². The summed E-state index contributed by atoms with van der Waals surface area (Å²) in [5.74, 6) is 0.106. The number of amides is 1. The van der Waals surface area contributed by atoms with Gasteiger partial charge in [-0.15, -0.1) is 0 Å². The van der Waals surface area contributed by atoms with Crippen molar-refractivity contribution in [3.05, 3.63) is 65.2 Å². The second-order valence-electron chi connectivity index (χ2n) is 8.34. The lowest BCUT2D eigenvalue weighted by Gasteiger charge is -2.38. The Hall–Kier alpha value is -2.33. The highest BCUT2D eigenvalue weighted by Crippen LogP contribution is 2.32. The number of rotatable bonds is 7. The maximum Gasteiger partial charge on any atom is 0.219 e. The Morgan fingerprint density at radius 1 is 1.00 bits per heavy atom. The van der Waals surface area contributed by atoms with Crippen molar-refractivity contribution in [1.29, 1.82) is 0 Å². The molecule has 0 aromatic heterocycles. The highest BCUT2D eigenvalue weighted by atomic mass is 16.1. The first-order valence-corrected chi connectivity index (χ1v) is 11.1. The maximum atomic E-state index is 11.4. The molecule has 4 rings (SSSR count). The highest BCUT2D eigenvalue weighted by Gasteiger charge is 2.28. The molecule has 0 bridgehead atoms. The van der Waals surface area contributed by atoms with Gasteiger partial charge >= 0.3 is 0 Å². The van der Waals surface area contributed by atoms with Gasteiger partial charge in [-0.1, -0.05) is 49.4 Å². The number of nitrogens with zero attached hydrogens (tertiary/aromatic N) is 2. The predicted molar refractivity (Wildman–Crippen MR) is 119 cm³/mol. The van der Waals surface area contributed by atoms with E-state index in [1.807, 2.05) is 6.92 Å². The summed E-state index contributed by atoms with van der Waals surface area (Å²) in [6.07, 6.45) is 5.38. The van der Waals surface area contributed by atoms with Crippen LogP contribution in [0.5, 0.6) is 0 Å². The summed E-state index contributed by atoms with van der Waals surface area (Å²) in [6.45, 7) is 7.23. The SMILES string of the molecule is CCC(=O)NCc1ccc(CCN2CCC(N3CCc4ccccc43)CC2)cc1. The second-order valence-corrected chi connectivity index (χ2v) is 8.34. The van der Waals surface area contributed by atoms with E-state index in [1.54, 1.807) is 0 Å². The Labute approximate surface area is 174 Å². The summed E-state index contributed by atoms with van der Waals surface area (Å²) in [4.78, 5) is 16.7. The van der Waals surface area contributed by atoms with Crippen LogP contribution in [0, 0.1) is 0 Å². The fourth-order valence-electron chi connectivity index (χ4n) is 4.63. The zero-order valence-electron chi connectivity index (χ0n) is 17.6. The number of fused-ring (bicyclic) bond motifs is 1. The van der Waals surface area contributed by atoms with Crippen LogP contribution in [0.3, 0.4) is 0 Å². The predicted octanol–water partition coefficient (Wildman–Crippen LogP) is 3.78. The summed E-state index contributed by atoms with van der Waals surface area (Å²) in [6, 6.07) is 18.3. The first-order chi connectivity index (χ1) is 14.2. The van der Waals surface area contributed by atoms with Gasteiger partial charge in [0.15, 0.2) is 0 Å². The van der Waals surface area contributed by atoms with Crippen LogP contribution in [0.15, 0.2) is 48.5 Å². The number of likely N-dealkylation sites (tertiary alicyclic amines) is 1. The van der Waals surface area contributed by atoms with Crippen molar-refractivity contribution in [3.63, 3.8) is 0 Å². The smallest absolute Gasteiger partial charge is 0.219 e. The lowest BCUT2D eigenvalue weighted by Crippen LogP contribution is -2.44. The molecular formula is C25H33N3O. The van der Waals surface area contributed by atoms with Crippen molar-refractivity contribution in [3.8, 4) is 0 Å². The Balaban J connectivity index is 1.21. The van der Waals surface area contributed by atoms with Crippen LogP contribution < -0.4 is 10.2 Å². The molecule has 4 nitrogen and oxygen atoms in total. The number of carbonyl (C=O) groups excluding carboxylic acids is 1. The van der Waals surface area contributed by atoms with Crippen LogP contribution in [0.2, 0.25) is 0 Å². The number of para-hydroxylation sites is 1. The molecule has 0 unspecified atom stereocenters. The van der Waals surface area contributed by atoms with E-state index in [0.29, 0.717) is 19.0 Å². The molecule has 4 heteroatoms. The van der Waals surface area contributed by atoms with E-state index in [-0.39, 0.29) is 5.91 Å². The van der Waals surface area contributed by atoms with Crippen LogP contribution in [0.4, 0.5) is 5.69 Å². The minimum absolute atomic E-state index is 0.106. The summed E-state index contributed by atoms with van der Waals surface area (Å²) in [5.41, 5.74) is 5.54. The normalized spacial score (nSPS) is 17.3. The van der Waals surface area contributed by atoms with Crippen LogP contribution in [0.25, 0.3) is 0 Å². The van der Waals surface area contributed by atoms with E-state index in [2.05, 4.69) is 63.6 Å². The summed E-state index contributed by atoms with van der Waals surface area (Å²) < 4.78 is 0. The molecule has 0 spiro atoms.